The molecule has 0 radical (unpaired) electrons. The maximum atomic E-state index is 10.1. The van der Waals surface area contributed by atoms with Crippen LogP contribution in [0.3, 0.4) is 0 Å². The van der Waals surface area contributed by atoms with Gasteiger partial charge in [0.2, 0.25) is 0 Å². The van der Waals surface area contributed by atoms with Crippen LogP contribution in [0.5, 0.6) is 0 Å². The molecule has 5 heteroatoms. The molecule has 0 bridgehead atoms. The highest BCUT2D eigenvalue weighted by Gasteiger charge is 2.16. The first-order chi connectivity index (χ1) is 3.50. The van der Waals surface area contributed by atoms with Gasteiger partial charge in [0, 0.05) is 0 Å². The van der Waals surface area contributed by atoms with Gasteiger partial charge >= 0.3 is 6.30 Å². The Morgan fingerprint density at radius 2 is 1.11 bits per heavy atom. The molecule has 1 aliphatic rings. The third-order valence-electron chi connectivity index (χ3n) is 0.354. The summed E-state index contributed by atoms with van der Waals surface area (Å²) >= 11 is 0. The zero-order valence-corrected chi connectivity index (χ0v) is 5.56. The molecule has 0 atom stereocenters. The molecule has 0 spiro atoms. The van der Waals surface area contributed by atoms with Crippen molar-refractivity contribution >= 4 is 12.4 Å². The molecule has 0 unspecified atom stereocenters. The van der Waals surface area contributed by atoms with Crippen LogP contribution in [0.15, 0.2) is 0 Å². The molecule has 1 saturated carbocycles. The van der Waals surface area contributed by atoms with Crippen LogP contribution in [-0.2, 0) is 0 Å². The predicted molar refractivity (Wildman–Crippen MR) is 31.3 cm³/mol. The summed E-state index contributed by atoms with van der Waals surface area (Å²) in [5.74, 6) is 0. The summed E-state index contributed by atoms with van der Waals surface area (Å²) < 4.78 is 30.4. The minimum absolute atomic E-state index is 0. The van der Waals surface area contributed by atoms with E-state index in [1.54, 1.807) is 0 Å². The summed E-state index contributed by atoms with van der Waals surface area (Å²) in [4.78, 5) is 0. The number of halogens is 4. The standard InChI is InChI=1S/C3H6.CH2F3N.ClH/c1-2-3-1;2-1(3,4)5;/h1-3H2;5H2;1H. The number of hydrogen-bond donors (Lipinski definition) is 1. The second-order valence-corrected chi connectivity index (χ2v) is 1.60. The molecule has 0 aromatic carbocycles. The van der Waals surface area contributed by atoms with Crippen LogP contribution in [0.25, 0.3) is 0 Å². The summed E-state index contributed by atoms with van der Waals surface area (Å²) in [6.07, 6.45) is 0. The van der Waals surface area contributed by atoms with Gasteiger partial charge in [0.25, 0.3) is 0 Å². The van der Waals surface area contributed by atoms with Crippen molar-refractivity contribution in [3.8, 4) is 0 Å². The van der Waals surface area contributed by atoms with Crippen LogP contribution in [0.2, 0.25) is 0 Å². The molecule has 0 saturated heterocycles. The minimum atomic E-state index is -4.50. The Balaban J connectivity index is 0. The second-order valence-electron chi connectivity index (χ2n) is 1.60. The molecule has 58 valence electrons. The van der Waals surface area contributed by atoms with E-state index in [-0.39, 0.29) is 12.4 Å². The summed E-state index contributed by atoms with van der Waals surface area (Å²) in [6, 6.07) is 0. The number of rotatable bonds is 0. The number of hydrogen-bond acceptors (Lipinski definition) is 1. The highest BCUT2D eigenvalue weighted by atomic mass is 35.5. The average Bonchev–Trinajstić information content (AvgIpc) is 1.95. The summed E-state index contributed by atoms with van der Waals surface area (Å²) in [5.41, 5.74) is 3.35. The van der Waals surface area contributed by atoms with Gasteiger partial charge in [-0.05, 0) is 0 Å². The molecule has 2 N–H and O–H groups in total. The van der Waals surface area contributed by atoms with E-state index in [1.807, 2.05) is 0 Å². The molecule has 0 amide bonds. The Bertz CT molecular complexity index is 52.6. The normalized spacial score (nSPS) is 14.7. The van der Waals surface area contributed by atoms with Gasteiger partial charge in [-0.2, -0.15) is 13.2 Å². The zero-order valence-electron chi connectivity index (χ0n) is 4.74. The van der Waals surface area contributed by atoms with Crippen LogP contribution in [0.1, 0.15) is 19.3 Å². The van der Waals surface area contributed by atoms with E-state index < -0.39 is 6.30 Å². The van der Waals surface area contributed by atoms with Crippen molar-refractivity contribution in [2.45, 2.75) is 25.6 Å². The maximum Gasteiger partial charge on any atom is 0.454 e. The highest BCUT2D eigenvalue weighted by molar-refractivity contribution is 5.85. The SMILES string of the molecule is C1CC1.Cl.NC(F)(F)F. The summed E-state index contributed by atoms with van der Waals surface area (Å²) in [5, 5.41) is 0. The van der Waals surface area contributed by atoms with Crippen molar-refractivity contribution in [3.63, 3.8) is 0 Å². The lowest BCUT2D eigenvalue weighted by Crippen LogP contribution is -2.20. The Morgan fingerprint density at radius 1 is 1.00 bits per heavy atom. The van der Waals surface area contributed by atoms with E-state index in [2.05, 4.69) is 5.73 Å². The summed E-state index contributed by atoms with van der Waals surface area (Å²) in [7, 11) is 0. The van der Waals surface area contributed by atoms with Crippen molar-refractivity contribution < 1.29 is 13.2 Å². The Hall–Kier alpha value is 0.0400. The highest BCUT2D eigenvalue weighted by Crippen LogP contribution is 2.14. The molecule has 1 aliphatic carbocycles. The van der Waals surface area contributed by atoms with Crippen molar-refractivity contribution in [1.82, 2.24) is 0 Å². The van der Waals surface area contributed by atoms with Crippen LogP contribution in [0, 0.1) is 0 Å². The number of alkyl halides is 3. The molecule has 0 aliphatic heterocycles. The third kappa shape index (κ3) is 271. The quantitative estimate of drug-likeness (QED) is 0.544. The van der Waals surface area contributed by atoms with E-state index in [0.29, 0.717) is 0 Å². The lowest BCUT2D eigenvalue weighted by Gasteiger charge is -1.89. The van der Waals surface area contributed by atoms with Crippen LogP contribution in [-0.4, -0.2) is 6.30 Å². The molecule has 0 aromatic rings. The first-order valence-electron chi connectivity index (χ1n) is 2.36. The predicted octanol–water partition coefficient (Wildman–Crippen LogP) is 2.06. The summed E-state index contributed by atoms with van der Waals surface area (Å²) in [6.45, 7) is 0. The van der Waals surface area contributed by atoms with Gasteiger partial charge in [-0.3, -0.25) is 0 Å². The van der Waals surface area contributed by atoms with Crippen LogP contribution < -0.4 is 5.73 Å². The minimum Gasteiger partial charge on any atom is -0.242 e. The first-order valence-corrected chi connectivity index (χ1v) is 2.36. The van der Waals surface area contributed by atoms with Crippen LogP contribution in [0.4, 0.5) is 13.2 Å². The van der Waals surface area contributed by atoms with Gasteiger partial charge < -0.3 is 0 Å². The second kappa shape index (κ2) is 4.88. The van der Waals surface area contributed by atoms with Crippen LogP contribution >= 0.6 is 12.4 Å². The number of nitrogens with two attached hydrogens (primary N) is 1. The molecule has 0 heterocycles. The zero-order chi connectivity index (χ0) is 6.62. The largest absolute Gasteiger partial charge is 0.454 e. The molecule has 1 rings (SSSR count). The lowest BCUT2D eigenvalue weighted by atomic mass is 11.0. The van der Waals surface area contributed by atoms with Crippen molar-refractivity contribution in [1.29, 1.82) is 0 Å². The van der Waals surface area contributed by atoms with Gasteiger partial charge in [0.05, 0.1) is 0 Å². The van der Waals surface area contributed by atoms with Crippen molar-refractivity contribution in [2.75, 3.05) is 0 Å². The topological polar surface area (TPSA) is 26.0 Å². The Kier molecular flexibility index (Phi) is 6.39. The van der Waals surface area contributed by atoms with Gasteiger partial charge in [-0.1, -0.05) is 19.3 Å². The van der Waals surface area contributed by atoms with Gasteiger partial charge in [0.1, 0.15) is 0 Å². The Morgan fingerprint density at radius 3 is 1.11 bits per heavy atom. The van der Waals surface area contributed by atoms with E-state index in [1.165, 1.54) is 19.3 Å². The van der Waals surface area contributed by atoms with E-state index in [0.717, 1.165) is 0 Å². The van der Waals surface area contributed by atoms with E-state index >= 15 is 0 Å². The van der Waals surface area contributed by atoms with Crippen molar-refractivity contribution in [2.24, 2.45) is 5.73 Å². The van der Waals surface area contributed by atoms with Gasteiger partial charge in [0.15, 0.2) is 0 Å². The average molecular weight is 164 g/mol. The first kappa shape index (κ1) is 11.8. The molecular weight excluding hydrogens is 154 g/mol. The van der Waals surface area contributed by atoms with Crippen molar-refractivity contribution in [3.05, 3.63) is 0 Å². The third-order valence-corrected chi connectivity index (χ3v) is 0.354. The smallest absolute Gasteiger partial charge is 0.242 e. The van der Waals surface area contributed by atoms with E-state index in [4.69, 9.17) is 0 Å². The van der Waals surface area contributed by atoms with Gasteiger partial charge in [-0.15, -0.1) is 12.4 Å². The fourth-order valence-corrected chi connectivity index (χ4v) is 0. The van der Waals surface area contributed by atoms with Gasteiger partial charge in [-0.25, -0.2) is 5.73 Å². The fraction of sp³-hybridized carbons (Fsp3) is 1.00. The molecular formula is C4H9ClF3N. The maximum absolute atomic E-state index is 10.1. The fourth-order valence-electron chi connectivity index (χ4n) is 0. The molecule has 9 heavy (non-hydrogen) atoms. The molecule has 1 fully saturated rings. The molecule has 0 aromatic heterocycles. The lowest BCUT2D eigenvalue weighted by molar-refractivity contribution is -0.122. The van der Waals surface area contributed by atoms with E-state index in [9.17, 15) is 13.2 Å². The Labute approximate surface area is 57.8 Å². The molecule has 1 nitrogen and oxygen atoms in total. The monoisotopic (exact) mass is 163 g/mol.